The maximum absolute atomic E-state index is 5.66. The Morgan fingerprint density at radius 1 is 1.33 bits per heavy atom. The molecule has 3 rings (SSSR count). The van der Waals surface area contributed by atoms with Gasteiger partial charge in [0, 0.05) is 25.8 Å². The number of likely N-dealkylation sites (tertiary alicyclic amines) is 1. The van der Waals surface area contributed by atoms with Crippen molar-refractivity contribution in [3.05, 3.63) is 34.7 Å². The van der Waals surface area contributed by atoms with Crippen LogP contribution in [0.15, 0.2) is 29.1 Å². The van der Waals surface area contributed by atoms with E-state index < -0.39 is 0 Å². The van der Waals surface area contributed by atoms with Crippen LogP contribution in [-0.4, -0.2) is 27.8 Å². The maximum atomic E-state index is 5.66. The number of anilines is 1. The van der Waals surface area contributed by atoms with E-state index >= 15 is 0 Å². The van der Waals surface area contributed by atoms with Gasteiger partial charge in [-0.3, -0.25) is 9.58 Å². The van der Waals surface area contributed by atoms with Gasteiger partial charge in [-0.1, -0.05) is 0 Å². The molecular weight excluding hydrogens is 244 g/mol. The van der Waals surface area contributed by atoms with Crippen molar-refractivity contribution in [1.29, 1.82) is 0 Å². The third-order valence-electron chi connectivity index (χ3n) is 3.55. The van der Waals surface area contributed by atoms with Gasteiger partial charge in [-0.2, -0.15) is 16.4 Å². The molecule has 1 saturated heterocycles. The number of nitrogen functional groups attached to an aromatic ring is 1. The summed E-state index contributed by atoms with van der Waals surface area (Å²) >= 11 is 1.77. The molecule has 2 N–H and O–H groups in total. The van der Waals surface area contributed by atoms with E-state index in [4.69, 9.17) is 5.73 Å². The molecule has 0 radical (unpaired) electrons. The van der Waals surface area contributed by atoms with Crippen molar-refractivity contribution < 1.29 is 0 Å². The summed E-state index contributed by atoms with van der Waals surface area (Å²) in [6.45, 7) is 3.36. The highest BCUT2D eigenvalue weighted by Gasteiger charge is 2.20. The van der Waals surface area contributed by atoms with Gasteiger partial charge in [0.25, 0.3) is 0 Å². The fraction of sp³-hybridized carbons (Fsp3) is 0.462. The molecule has 18 heavy (non-hydrogen) atoms. The van der Waals surface area contributed by atoms with E-state index in [9.17, 15) is 0 Å². The highest BCUT2D eigenvalue weighted by molar-refractivity contribution is 7.07. The first kappa shape index (κ1) is 11.7. The van der Waals surface area contributed by atoms with Gasteiger partial charge in [-0.25, -0.2) is 0 Å². The van der Waals surface area contributed by atoms with E-state index in [0.717, 1.165) is 32.5 Å². The Balaban J connectivity index is 1.55. The minimum Gasteiger partial charge on any atom is -0.382 e. The maximum Gasteiger partial charge on any atom is 0.145 e. The molecule has 4 nitrogen and oxygen atoms in total. The van der Waals surface area contributed by atoms with Crippen LogP contribution in [0.4, 0.5) is 5.82 Å². The van der Waals surface area contributed by atoms with Gasteiger partial charge in [-0.05, 0) is 41.3 Å². The first-order valence-electron chi connectivity index (χ1n) is 6.35. The van der Waals surface area contributed by atoms with Gasteiger partial charge in [-0.15, -0.1) is 0 Å². The topological polar surface area (TPSA) is 47.1 Å². The molecule has 0 aliphatic carbocycles. The van der Waals surface area contributed by atoms with Gasteiger partial charge in [0.05, 0.1) is 6.04 Å². The van der Waals surface area contributed by atoms with Crippen LogP contribution in [0, 0.1) is 0 Å². The van der Waals surface area contributed by atoms with Gasteiger partial charge in [0.2, 0.25) is 0 Å². The third-order valence-corrected chi connectivity index (χ3v) is 4.28. The van der Waals surface area contributed by atoms with Crippen molar-refractivity contribution in [1.82, 2.24) is 14.7 Å². The number of nitrogens with zero attached hydrogens (tertiary/aromatic N) is 3. The molecule has 0 amide bonds. The van der Waals surface area contributed by atoms with E-state index in [0.29, 0.717) is 11.9 Å². The summed E-state index contributed by atoms with van der Waals surface area (Å²) in [5.74, 6) is 0.621. The van der Waals surface area contributed by atoms with Gasteiger partial charge >= 0.3 is 0 Å². The quantitative estimate of drug-likeness (QED) is 0.923. The first-order valence-corrected chi connectivity index (χ1v) is 7.29. The van der Waals surface area contributed by atoms with Crippen molar-refractivity contribution in [2.45, 2.75) is 25.4 Å². The lowest BCUT2D eigenvalue weighted by Crippen LogP contribution is -2.34. The van der Waals surface area contributed by atoms with Gasteiger partial charge in [0.1, 0.15) is 5.82 Å². The molecular formula is C13H18N4S. The Hall–Kier alpha value is -1.33. The van der Waals surface area contributed by atoms with Gasteiger partial charge < -0.3 is 5.73 Å². The van der Waals surface area contributed by atoms with Crippen LogP contribution >= 0.6 is 11.3 Å². The summed E-state index contributed by atoms with van der Waals surface area (Å²) in [4.78, 5) is 2.52. The second-order valence-corrected chi connectivity index (χ2v) is 5.64. The summed E-state index contributed by atoms with van der Waals surface area (Å²) < 4.78 is 2.03. The molecule has 0 aromatic carbocycles. The number of thiophene rings is 1. The van der Waals surface area contributed by atoms with Crippen molar-refractivity contribution in [3.8, 4) is 0 Å². The second kappa shape index (κ2) is 5.12. The van der Waals surface area contributed by atoms with Crippen LogP contribution in [0.25, 0.3) is 0 Å². The van der Waals surface area contributed by atoms with Crippen LogP contribution in [0.3, 0.4) is 0 Å². The highest BCUT2D eigenvalue weighted by Crippen LogP contribution is 2.23. The standard InChI is InChI=1S/C13H18N4S/c14-13-3-7-17(15-13)12-1-5-16(6-2-12)9-11-4-8-18-10-11/h3-4,7-8,10,12H,1-2,5-6,9H2,(H2,14,15). The molecule has 3 heterocycles. The molecule has 2 aromatic heterocycles. The number of rotatable bonds is 3. The lowest BCUT2D eigenvalue weighted by molar-refractivity contribution is 0.173. The first-order chi connectivity index (χ1) is 8.81. The predicted octanol–water partition coefficient (Wildman–Crippen LogP) is 2.36. The second-order valence-electron chi connectivity index (χ2n) is 4.86. The third kappa shape index (κ3) is 2.57. The number of piperidine rings is 1. The Morgan fingerprint density at radius 3 is 2.78 bits per heavy atom. The zero-order valence-corrected chi connectivity index (χ0v) is 11.1. The number of hydrogen-bond acceptors (Lipinski definition) is 4. The highest BCUT2D eigenvalue weighted by atomic mass is 32.1. The fourth-order valence-corrected chi connectivity index (χ4v) is 3.20. The Bertz CT molecular complexity index is 483. The summed E-state index contributed by atoms with van der Waals surface area (Å²) in [5, 5.41) is 8.70. The van der Waals surface area contributed by atoms with E-state index in [1.54, 1.807) is 11.3 Å². The molecule has 1 aliphatic heterocycles. The molecule has 2 aromatic rings. The number of hydrogen-bond donors (Lipinski definition) is 1. The zero-order chi connectivity index (χ0) is 12.4. The van der Waals surface area contributed by atoms with E-state index in [2.05, 4.69) is 26.8 Å². The largest absolute Gasteiger partial charge is 0.382 e. The van der Waals surface area contributed by atoms with Crippen LogP contribution in [0.1, 0.15) is 24.4 Å². The normalized spacial score (nSPS) is 18.2. The molecule has 0 unspecified atom stereocenters. The van der Waals surface area contributed by atoms with Crippen LogP contribution in [0.2, 0.25) is 0 Å². The zero-order valence-electron chi connectivity index (χ0n) is 10.3. The van der Waals surface area contributed by atoms with Crippen LogP contribution in [0.5, 0.6) is 0 Å². The Morgan fingerprint density at radius 2 is 2.17 bits per heavy atom. The average molecular weight is 262 g/mol. The SMILES string of the molecule is Nc1ccn(C2CCN(Cc3ccsc3)CC2)n1. The van der Waals surface area contributed by atoms with Crippen molar-refractivity contribution in [2.75, 3.05) is 18.8 Å². The van der Waals surface area contributed by atoms with Crippen molar-refractivity contribution in [2.24, 2.45) is 0 Å². The van der Waals surface area contributed by atoms with E-state index in [1.807, 2.05) is 16.9 Å². The molecule has 1 fully saturated rings. The molecule has 0 atom stereocenters. The van der Waals surface area contributed by atoms with E-state index in [-0.39, 0.29) is 0 Å². The van der Waals surface area contributed by atoms with Crippen molar-refractivity contribution in [3.63, 3.8) is 0 Å². The molecule has 0 saturated carbocycles. The minimum absolute atomic E-state index is 0.515. The summed E-state index contributed by atoms with van der Waals surface area (Å²) in [6, 6.07) is 4.60. The Labute approximate surface area is 111 Å². The fourth-order valence-electron chi connectivity index (χ4n) is 2.54. The van der Waals surface area contributed by atoms with Crippen molar-refractivity contribution >= 4 is 17.2 Å². The lowest BCUT2D eigenvalue weighted by Gasteiger charge is -2.31. The van der Waals surface area contributed by atoms with Crippen LogP contribution < -0.4 is 5.73 Å². The molecule has 5 heteroatoms. The average Bonchev–Trinajstić information content (AvgIpc) is 3.02. The molecule has 0 bridgehead atoms. The minimum atomic E-state index is 0.515. The smallest absolute Gasteiger partial charge is 0.145 e. The predicted molar refractivity (Wildman–Crippen MR) is 74.5 cm³/mol. The van der Waals surface area contributed by atoms with Gasteiger partial charge in [0.15, 0.2) is 0 Å². The Kier molecular flexibility index (Phi) is 3.34. The summed E-state index contributed by atoms with van der Waals surface area (Å²) in [7, 11) is 0. The van der Waals surface area contributed by atoms with Crippen LogP contribution in [-0.2, 0) is 6.54 Å². The van der Waals surface area contributed by atoms with E-state index in [1.165, 1.54) is 5.56 Å². The molecule has 0 spiro atoms. The number of nitrogens with two attached hydrogens (primary N) is 1. The summed E-state index contributed by atoms with van der Waals surface area (Å²) in [6.07, 6.45) is 4.31. The lowest BCUT2D eigenvalue weighted by atomic mass is 10.0. The summed E-state index contributed by atoms with van der Waals surface area (Å²) in [5.41, 5.74) is 7.09. The number of aromatic nitrogens is 2. The monoisotopic (exact) mass is 262 g/mol. The molecule has 1 aliphatic rings. The molecule has 96 valence electrons.